The summed E-state index contributed by atoms with van der Waals surface area (Å²) in [4.78, 5) is 4.74. The lowest BCUT2D eigenvalue weighted by atomic mass is 9.95. The number of fused-ring (bicyclic) bond motifs is 1. The molecule has 0 aliphatic heterocycles. The molecule has 0 amide bonds. The summed E-state index contributed by atoms with van der Waals surface area (Å²) in [5, 5.41) is 0. The van der Waals surface area contributed by atoms with Crippen molar-refractivity contribution < 1.29 is 0 Å². The lowest BCUT2D eigenvalue weighted by Gasteiger charge is -2.15. The van der Waals surface area contributed by atoms with Crippen molar-refractivity contribution in [3.63, 3.8) is 0 Å². The molecule has 0 radical (unpaired) electrons. The van der Waals surface area contributed by atoms with Gasteiger partial charge in [0.25, 0.3) is 0 Å². The highest BCUT2D eigenvalue weighted by atomic mass is 14.7. The molecule has 2 N–H and O–H groups in total. The Kier molecular flexibility index (Phi) is 3.73. The van der Waals surface area contributed by atoms with Gasteiger partial charge in [-0.05, 0) is 63.1 Å². The van der Waals surface area contributed by atoms with E-state index in [0.29, 0.717) is 0 Å². The fraction of sp³-hybridized carbons (Fsp3) is 0.615. The van der Waals surface area contributed by atoms with E-state index in [1.165, 1.54) is 49.1 Å². The maximum atomic E-state index is 5.48. The molecule has 0 bridgehead atoms. The Labute approximate surface area is 91.9 Å². The van der Waals surface area contributed by atoms with Gasteiger partial charge in [0, 0.05) is 11.4 Å². The van der Waals surface area contributed by atoms with Gasteiger partial charge in [-0.2, -0.15) is 0 Å². The monoisotopic (exact) mass is 204 g/mol. The van der Waals surface area contributed by atoms with E-state index in [1.807, 2.05) is 0 Å². The normalized spacial score (nSPS) is 15.0. The van der Waals surface area contributed by atoms with Gasteiger partial charge >= 0.3 is 0 Å². The van der Waals surface area contributed by atoms with Gasteiger partial charge in [0.1, 0.15) is 0 Å². The summed E-state index contributed by atoms with van der Waals surface area (Å²) in [5.41, 5.74) is 9.57. The van der Waals surface area contributed by atoms with Gasteiger partial charge < -0.3 is 5.73 Å². The molecule has 1 heterocycles. The minimum absolute atomic E-state index is 0.797. The number of nitrogens with zero attached hydrogens (tertiary/aromatic N) is 1. The zero-order valence-corrected chi connectivity index (χ0v) is 9.34. The van der Waals surface area contributed by atoms with Crippen molar-refractivity contribution in [3.05, 3.63) is 29.1 Å². The average Bonchev–Trinajstić information content (AvgIpc) is 2.29. The highest BCUT2D eigenvalue weighted by Crippen LogP contribution is 2.19. The molecular weight excluding hydrogens is 184 g/mol. The first-order chi connectivity index (χ1) is 7.40. The van der Waals surface area contributed by atoms with E-state index in [-0.39, 0.29) is 0 Å². The van der Waals surface area contributed by atoms with Gasteiger partial charge in [-0.15, -0.1) is 0 Å². The largest absolute Gasteiger partial charge is 0.330 e. The summed E-state index contributed by atoms with van der Waals surface area (Å²) >= 11 is 0. The smallest absolute Gasteiger partial charge is 0.0438 e. The first kappa shape index (κ1) is 10.6. The molecule has 0 spiro atoms. The number of rotatable bonds is 4. The van der Waals surface area contributed by atoms with Gasteiger partial charge in [0.05, 0.1) is 0 Å². The molecule has 0 aromatic carbocycles. The van der Waals surface area contributed by atoms with Crippen molar-refractivity contribution >= 4 is 0 Å². The summed E-state index contributed by atoms with van der Waals surface area (Å²) in [6, 6.07) is 4.47. The number of pyridine rings is 1. The van der Waals surface area contributed by atoms with E-state index in [1.54, 1.807) is 0 Å². The second kappa shape index (κ2) is 5.26. The molecule has 0 atom stereocenters. The molecule has 82 valence electrons. The van der Waals surface area contributed by atoms with E-state index in [9.17, 15) is 0 Å². The Balaban J connectivity index is 2.00. The van der Waals surface area contributed by atoms with Crippen LogP contribution in [-0.2, 0) is 19.3 Å². The van der Waals surface area contributed by atoms with Crippen LogP contribution in [0.2, 0.25) is 0 Å². The van der Waals surface area contributed by atoms with Crippen molar-refractivity contribution in [2.24, 2.45) is 5.73 Å². The molecule has 0 unspecified atom stereocenters. The molecule has 2 rings (SSSR count). The van der Waals surface area contributed by atoms with Crippen LogP contribution in [0.25, 0.3) is 0 Å². The maximum absolute atomic E-state index is 5.48. The van der Waals surface area contributed by atoms with Crippen LogP contribution in [0, 0.1) is 0 Å². The second-order valence-electron chi connectivity index (χ2n) is 4.36. The Morgan fingerprint density at radius 2 is 2.00 bits per heavy atom. The van der Waals surface area contributed by atoms with Crippen molar-refractivity contribution in [2.45, 2.75) is 44.9 Å². The van der Waals surface area contributed by atoms with Crippen molar-refractivity contribution in [1.82, 2.24) is 4.98 Å². The van der Waals surface area contributed by atoms with Gasteiger partial charge in [0.15, 0.2) is 0 Å². The van der Waals surface area contributed by atoms with E-state index in [2.05, 4.69) is 12.1 Å². The van der Waals surface area contributed by atoms with E-state index < -0.39 is 0 Å². The quantitative estimate of drug-likeness (QED) is 0.764. The first-order valence-electron chi connectivity index (χ1n) is 6.08. The molecule has 1 aromatic rings. The van der Waals surface area contributed by atoms with Crippen LogP contribution in [0.4, 0.5) is 0 Å². The van der Waals surface area contributed by atoms with Crippen molar-refractivity contribution in [1.29, 1.82) is 0 Å². The number of hydrogen-bond donors (Lipinski definition) is 1. The van der Waals surface area contributed by atoms with Crippen molar-refractivity contribution in [3.8, 4) is 0 Å². The van der Waals surface area contributed by atoms with Crippen LogP contribution in [0.1, 0.15) is 42.6 Å². The average molecular weight is 204 g/mol. The summed E-state index contributed by atoms with van der Waals surface area (Å²) < 4.78 is 0. The standard InChI is InChI=1S/C13H20N2/c14-10-4-3-6-12-9-8-11-5-1-2-7-13(11)15-12/h8-9H,1-7,10,14H2. The van der Waals surface area contributed by atoms with Crippen LogP contribution in [0.15, 0.2) is 12.1 Å². The van der Waals surface area contributed by atoms with E-state index >= 15 is 0 Å². The molecule has 2 heteroatoms. The Hall–Kier alpha value is -0.890. The summed E-state index contributed by atoms with van der Waals surface area (Å²) in [6.45, 7) is 0.797. The fourth-order valence-corrected chi connectivity index (χ4v) is 2.22. The first-order valence-corrected chi connectivity index (χ1v) is 6.08. The van der Waals surface area contributed by atoms with Crippen LogP contribution < -0.4 is 5.73 Å². The molecule has 0 saturated heterocycles. The minimum Gasteiger partial charge on any atom is -0.330 e. The molecule has 1 aliphatic rings. The number of hydrogen-bond acceptors (Lipinski definition) is 2. The number of nitrogens with two attached hydrogens (primary N) is 1. The van der Waals surface area contributed by atoms with Gasteiger partial charge in [-0.25, -0.2) is 0 Å². The molecule has 0 fully saturated rings. The van der Waals surface area contributed by atoms with E-state index in [0.717, 1.165) is 19.4 Å². The Morgan fingerprint density at radius 3 is 2.87 bits per heavy atom. The summed E-state index contributed by atoms with van der Waals surface area (Å²) in [5.74, 6) is 0. The fourth-order valence-electron chi connectivity index (χ4n) is 2.22. The molecule has 2 nitrogen and oxygen atoms in total. The van der Waals surface area contributed by atoms with Gasteiger partial charge in [-0.1, -0.05) is 6.07 Å². The molecule has 0 saturated carbocycles. The summed E-state index contributed by atoms with van der Waals surface area (Å²) in [6.07, 6.45) is 8.42. The molecular formula is C13H20N2. The van der Waals surface area contributed by atoms with Crippen LogP contribution in [-0.4, -0.2) is 11.5 Å². The van der Waals surface area contributed by atoms with Crippen molar-refractivity contribution in [2.75, 3.05) is 6.54 Å². The Morgan fingerprint density at radius 1 is 1.13 bits per heavy atom. The predicted octanol–water partition coefficient (Wildman–Crippen LogP) is 2.24. The third-order valence-corrected chi connectivity index (χ3v) is 3.12. The Bertz CT molecular complexity index is 320. The molecule has 15 heavy (non-hydrogen) atoms. The third-order valence-electron chi connectivity index (χ3n) is 3.12. The van der Waals surface area contributed by atoms with Crippen LogP contribution >= 0.6 is 0 Å². The topological polar surface area (TPSA) is 38.9 Å². The minimum atomic E-state index is 0.797. The SMILES string of the molecule is NCCCCc1ccc2c(n1)CCCC2. The highest BCUT2D eigenvalue weighted by Gasteiger charge is 2.10. The highest BCUT2D eigenvalue weighted by molar-refractivity contribution is 5.25. The number of aryl methyl sites for hydroxylation is 3. The van der Waals surface area contributed by atoms with E-state index in [4.69, 9.17) is 10.7 Å². The predicted molar refractivity (Wildman–Crippen MR) is 62.9 cm³/mol. The second-order valence-corrected chi connectivity index (χ2v) is 4.36. The van der Waals surface area contributed by atoms with Crippen LogP contribution in [0.3, 0.4) is 0 Å². The number of unbranched alkanes of at least 4 members (excludes halogenated alkanes) is 1. The van der Waals surface area contributed by atoms with Crippen LogP contribution in [0.5, 0.6) is 0 Å². The summed E-state index contributed by atoms with van der Waals surface area (Å²) in [7, 11) is 0. The lowest BCUT2D eigenvalue weighted by molar-refractivity contribution is 0.657. The zero-order chi connectivity index (χ0) is 10.5. The zero-order valence-electron chi connectivity index (χ0n) is 9.34. The van der Waals surface area contributed by atoms with Gasteiger partial charge in [-0.3, -0.25) is 4.98 Å². The lowest BCUT2D eigenvalue weighted by Crippen LogP contribution is -2.07. The number of aromatic nitrogens is 1. The molecule has 1 aromatic heterocycles. The van der Waals surface area contributed by atoms with Gasteiger partial charge in [0.2, 0.25) is 0 Å². The maximum Gasteiger partial charge on any atom is 0.0438 e. The molecule has 1 aliphatic carbocycles. The third kappa shape index (κ3) is 2.78.